The van der Waals surface area contributed by atoms with Crippen LogP contribution in [0.25, 0.3) is 0 Å². The molecule has 0 aliphatic carbocycles. The molecule has 2 atom stereocenters. The van der Waals surface area contributed by atoms with Gasteiger partial charge in [-0.2, -0.15) is 0 Å². The number of carbonyl (C=O) groups is 2. The minimum atomic E-state index is -1.19. The highest BCUT2D eigenvalue weighted by atomic mass is 16.6. The molecule has 0 aromatic heterocycles. The van der Waals surface area contributed by atoms with Gasteiger partial charge in [-0.25, -0.2) is 9.59 Å². The lowest BCUT2D eigenvalue weighted by molar-refractivity contribution is -0.142. The Morgan fingerprint density at radius 2 is 0.623 bits per heavy atom. The third-order valence-electron chi connectivity index (χ3n) is 12.4. The highest BCUT2D eigenvalue weighted by Crippen LogP contribution is 2.54. The number of allylic oxidation sites excluding steroid dienone is 2. The van der Waals surface area contributed by atoms with Gasteiger partial charge >= 0.3 is 11.9 Å². The largest absolute Gasteiger partial charge is 0.491 e. The summed E-state index contributed by atoms with van der Waals surface area (Å²) in [6.07, 6.45) is 0. The molecule has 4 aliphatic rings. The predicted molar refractivity (Wildman–Crippen MR) is 255 cm³/mol. The molecule has 0 spiro atoms. The Morgan fingerprint density at radius 1 is 0.348 bits per heavy atom. The van der Waals surface area contributed by atoms with Crippen molar-refractivity contribution in [3.63, 3.8) is 0 Å². The third kappa shape index (κ3) is 11.5. The molecule has 0 saturated heterocycles. The summed E-state index contributed by atoms with van der Waals surface area (Å²) in [5.41, 5.74) is 1.61. The van der Waals surface area contributed by atoms with Gasteiger partial charge in [-0.3, -0.25) is 0 Å². The Morgan fingerprint density at radius 3 is 0.928 bits per heavy atom. The number of esters is 2. The van der Waals surface area contributed by atoms with Crippen LogP contribution in [0.3, 0.4) is 0 Å². The van der Waals surface area contributed by atoms with Crippen molar-refractivity contribution >= 4 is 11.9 Å². The first-order valence-electron chi connectivity index (χ1n) is 23.5. The van der Waals surface area contributed by atoms with Gasteiger partial charge in [0.2, 0.25) is 0 Å². The molecule has 5 aromatic rings. The molecule has 4 aliphatic heterocycles. The summed E-state index contributed by atoms with van der Waals surface area (Å²) in [5, 5.41) is 0. The molecule has 362 valence electrons. The standard InChI is InChI=1S/C56H60O13/c1-41-51-49(55(68-41,43-15-7-3-8-16-43)44-17-9-4-10-18-44)39-63-40-50-52(42(2)69-56(50,45-19-11-5-12-20-45)46-21-13-6-14-22-46)54(58)67-38-34-62-30-28-60-32-36-65-48-25-23-47(24-26-48)64-35-31-59-27-29-61-33-37-66-53(51)57/h3-26,49-50H,27-40H2,1-2H3. The molecule has 13 heteroatoms. The number of hydrogen-bond donors (Lipinski definition) is 0. The number of benzene rings is 5. The van der Waals surface area contributed by atoms with Crippen LogP contribution in [0.15, 0.2) is 168 Å². The van der Waals surface area contributed by atoms with E-state index in [1.165, 1.54) is 0 Å². The molecule has 2 bridgehead atoms. The molecule has 4 heterocycles. The van der Waals surface area contributed by atoms with Crippen molar-refractivity contribution in [1.29, 1.82) is 0 Å². The molecule has 0 saturated carbocycles. The Hall–Kier alpha value is -6.48. The van der Waals surface area contributed by atoms with E-state index in [0.717, 1.165) is 22.3 Å². The summed E-state index contributed by atoms with van der Waals surface area (Å²) in [7, 11) is 0. The number of ether oxygens (including phenoxy) is 11. The van der Waals surface area contributed by atoms with Gasteiger partial charge in [0.25, 0.3) is 0 Å². The third-order valence-corrected chi connectivity index (χ3v) is 12.4. The second-order valence-corrected chi connectivity index (χ2v) is 16.6. The molecule has 0 N–H and O–H groups in total. The van der Waals surface area contributed by atoms with Crippen molar-refractivity contribution in [2.24, 2.45) is 11.8 Å². The van der Waals surface area contributed by atoms with Gasteiger partial charge in [0.1, 0.15) is 49.4 Å². The molecule has 0 amide bonds. The number of fused-ring (bicyclic) bond motifs is 24. The fraction of sp³-hybridized carbons (Fsp3) is 0.357. The monoisotopic (exact) mass is 940 g/mol. The van der Waals surface area contributed by atoms with Crippen LogP contribution in [-0.2, 0) is 63.4 Å². The van der Waals surface area contributed by atoms with E-state index >= 15 is 0 Å². The highest BCUT2D eigenvalue weighted by Gasteiger charge is 2.56. The van der Waals surface area contributed by atoms with Crippen LogP contribution in [0.5, 0.6) is 11.5 Å². The maximum Gasteiger partial charge on any atom is 0.338 e. The molecule has 0 fully saturated rings. The maximum atomic E-state index is 14.4. The first kappa shape index (κ1) is 49.0. The Labute approximate surface area is 403 Å². The Bertz CT molecular complexity index is 2210. The van der Waals surface area contributed by atoms with E-state index in [-0.39, 0.29) is 39.6 Å². The second-order valence-electron chi connectivity index (χ2n) is 16.6. The van der Waals surface area contributed by atoms with Crippen LogP contribution in [0.4, 0.5) is 0 Å². The summed E-state index contributed by atoms with van der Waals surface area (Å²) in [4.78, 5) is 28.8. The van der Waals surface area contributed by atoms with Crippen molar-refractivity contribution in [2.75, 3.05) is 92.5 Å². The zero-order valence-corrected chi connectivity index (χ0v) is 39.2. The van der Waals surface area contributed by atoms with E-state index < -0.39 is 35.0 Å². The lowest BCUT2D eigenvalue weighted by Gasteiger charge is -2.38. The maximum absolute atomic E-state index is 14.4. The van der Waals surface area contributed by atoms with Gasteiger partial charge in [0.15, 0.2) is 11.2 Å². The van der Waals surface area contributed by atoms with E-state index in [1.807, 2.05) is 146 Å². The van der Waals surface area contributed by atoms with Gasteiger partial charge in [0, 0.05) is 22.3 Å². The summed E-state index contributed by atoms with van der Waals surface area (Å²) in [6, 6.07) is 46.6. The van der Waals surface area contributed by atoms with E-state index in [0.29, 0.717) is 87.0 Å². The van der Waals surface area contributed by atoms with Crippen molar-refractivity contribution in [3.8, 4) is 11.5 Å². The summed E-state index contributed by atoms with van der Waals surface area (Å²) < 4.78 is 67.3. The molecule has 2 unspecified atom stereocenters. The summed E-state index contributed by atoms with van der Waals surface area (Å²) >= 11 is 0. The predicted octanol–water partition coefficient (Wildman–Crippen LogP) is 8.36. The van der Waals surface area contributed by atoms with E-state index in [9.17, 15) is 9.59 Å². The van der Waals surface area contributed by atoms with E-state index in [4.69, 9.17) is 52.1 Å². The summed E-state index contributed by atoms with van der Waals surface area (Å²) in [5.74, 6) is -0.299. The topological polar surface area (TPSA) is 136 Å². The lowest BCUT2D eigenvalue weighted by atomic mass is 9.73. The highest BCUT2D eigenvalue weighted by molar-refractivity contribution is 5.91. The van der Waals surface area contributed by atoms with Crippen LogP contribution in [-0.4, -0.2) is 104 Å². The smallest absolute Gasteiger partial charge is 0.338 e. The number of hydrogen-bond acceptors (Lipinski definition) is 13. The molecule has 69 heavy (non-hydrogen) atoms. The van der Waals surface area contributed by atoms with Gasteiger partial charge < -0.3 is 52.1 Å². The second kappa shape index (κ2) is 24.2. The molecule has 5 aromatic carbocycles. The zero-order chi connectivity index (χ0) is 47.7. The SMILES string of the molecule is CC1=C2C(=O)OCCOCCOCCOc3ccc(cc3)OCCOCCOCCOC(=O)C3=C(C)OC(c4ccccc4)(c4ccccc4)C3COCC2C(c2ccccc2)(c2ccccc2)O1. The number of rotatable bonds is 4. The average Bonchev–Trinajstić information content (AvgIpc) is 3.86. The Balaban J connectivity index is 1.08. The first-order chi connectivity index (χ1) is 33.9. The normalized spacial score (nSPS) is 21.5. The van der Waals surface area contributed by atoms with Gasteiger partial charge in [-0.05, 0) is 38.1 Å². The van der Waals surface area contributed by atoms with Crippen molar-refractivity contribution < 1.29 is 61.7 Å². The van der Waals surface area contributed by atoms with Crippen molar-refractivity contribution in [2.45, 2.75) is 25.0 Å². The Kier molecular flexibility index (Phi) is 17.2. The minimum absolute atomic E-state index is 0.000618. The fourth-order valence-electron chi connectivity index (χ4n) is 9.28. The van der Waals surface area contributed by atoms with Gasteiger partial charge in [-0.15, -0.1) is 0 Å². The quantitative estimate of drug-likeness (QED) is 0.126. The lowest BCUT2D eigenvalue weighted by Crippen LogP contribution is -2.42. The first-order valence-corrected chi connectivity index (χ1v) is 23.5. The fourth-order valence-corrected chi connectivity index (χ4v) is 9.28. The summed E-state index contributed by atoms with van der Waals surface area (Å²) in [6.45, 7) is 6.59. The average molecular weight is 941 g/mol. The molecular formula is C56H60O13. The van der Waals surface area contributed by atoms with Crippen LogP contribution in [0, 0.1) is 11.8 Å². The van der Waals surface area contributed by atoms with E-state index in [1.54, 1.807) is 13.8 Å². The molecular weight excluding hydrogens is 881 g/mol. The van der Waals surface area contributed by atoms with Crippen LogP contribution in [0.1, 0.15) is 36.1 Å². The molecule has 9 rings (SSSR count). The molecule has 13 nitrogen and oxygen atoms in total. The van der Waals surface area contributed by atoms with Crippen LogP contribution in [0.2, 0.25) is 0 Å². The van der Waals surface area contributed by atoms with Crippen molar-refractivity contribution in [3.05, 3.63) is 191 Å². The van der Waals surface area contributed by atoms with Crippen molar-refractivity contribution in [1.82, 2.24) is 0 Å². The van der Waals surface area contributed by atoms with Crippen LogP contribution < -0.4 is 9.47 Å². The molecule has 0 radical (unpaired) electrons. The van der Waals surface area contributed by atoms with Gasteiger partial charge in [-0.1, -0.05) is 121 Å². The number of carbonyl (C=O) groups excluding carboxylic acids is 2. The van der Waals surface area contributed by atoms with Crippen LogP contribution >= 0.6 is 0 Å². The zero-order valence-electron chi connectivity index (χ0n) is 39.2. The van der Waals surface area contributed by atoms with E-state index in [2.05, 4.69) is 0 Å². The minimum Gasteiger partial charge on any atom is -0.491 e. The van der Waals surface area contributed by atoms with Gasteiger partial charge in [0.05, 0.1) is 89.1 Å².